The predicted molar refractivity (Wildman–Crippen MR) is 97.6 cm³/mol. The monoisotopic (exact) mass is 376 g/mol. The van der Waals surface area contributed by atoms with E-state index in [1.165, 1.54) is 7.11 Å². The van der Waals surface area contributed by atoms with E-state index in [0.29, 0.717) is 38.5 Å². The van der Waals surface area contributed by atoms with Crippen LogP contribution >= 0.6 is 23.2 Å². The minimum absolute atomic E-state index is 0.337. The number of carbonyl (C=O) groups excluding carboxylic acids is 1. The van der Waals surface area contributed by atoms with Gasteiger partial charge in [-0.15, -0.1) is 0 Å². The average Bonchev–Trinajstić information content (AvgIpc) is 2.97. The Morgan fingerprint density at radius 2 is 1.80 bits per heavy atom. The molecule has 5 nitrogen and oxygen atoms in total. The third-order valence-corrected chi connectivity index (χ3v) is 4.10. The van der Waals surface area contributed by atoms with Gasteiger partial charge in [-0.25, -0.2) is 0 Å². The first kappa shape index (κ1) is 17.3. The summed E-state index contributed by atoms with van der Waals surface area (Å²) >= 11 is 11.9. The molecular weight excluding hydrogens is 363 g/mol. The van der Waals surface area contributed by atoms with Crippen LogP contribution in [0.15, 0.2) is 47.0 Å². The van der Waals surface area contributed by atoms with Gasteiger partial charge < -0.3 is 14.6 Å². The van der Waals surface area contributed by atoms with E-state index in [0.717, 1.165) is 5.56 Å². The summed E-state index contributed by atoms with van der Waals surface area (Å²) in [6, 6.07) is 12.0. The number of amides is 1. The Morgan fingerprint density at radius 1 is 1.12 bits per heavy atom. The van der Waals surface area contributed by atoms with E-state index >= 15 is 0 Å². The molecule has 0 saturated heterocycles. The summed E-state index contributed by atoms with van der Waals surface area (Å²) in [5, 5.41) is 7.87. The predicted octanol–water partition coefficient (Wildman–Crippen LogP) is 5.22. The van der Waals surface area contributed by atoms with Crippen molar-refractivity contribution in [3.63, 3.8) is 0 Å². The summed E-state index contributed by atoms with van der Waals surface area (Å²) in [5.74, 6) is 0.535. The molecule has 0 atom stereocenters. The average molecular weight is 377 g/mol. The van der Waals surface area contributed by atoms with Crippen LogP contribution in [0.4, 0.5) is 5.69 Å². The zero-order valence-corrected chi connectivity index (χ0v) is 15.0. The fourth-order valence-corrected chi connectivity index (χ4v) is 2.71. The van der Waals surface area contributed by atoms with Gasteiger partial charge in [0.15, 0.2) is 0 Å². The van der Waals surface area contributed by atoms with Crippen LogP contribution in [0.2, 0.25) is 10.0 Å². The normalized spacial score (nSPS) is 10.6. The molecular formula is C18H14Cl2N2O3. The van der Waals surface area contributed by atoms with Gasteiger partial charge in [-0.1, -0.05) is 40.5 Å². The first-order valence-corrected chi connectivity index (χ1v) is 8.12. The Morgan fingerprint density at radius 3 is 2.48 bits per heavy atom. The molecule has 128 valence electrons. The molecule has 1 amide bonds. The van der Waals surface area contributed by atoms with Gasteiger partial charge in [0.1, 0.15) is 22.8 Å². The molecule has 0 unspecified atom stereocenters. The number of anilines is 1. The summed E-state index contributed by atoms with van der Waals surface area (Å²) in [5.41, 5.74) is 1.96. The van der Waals surface area contributed by atoms with Crippen molar-refractivity contribution < 1.29 is 14.1 Å². The van der Waals surface area contributed by atoms with Crippen molar-refractivity contribution in [3.05, 3.63) is 63.8 Å². The zero-order valence-electron chi connectivity index (χ0n) is 13.5. The van der Waals surface area contributed by atoms with Crippen molar-refractivity contribution >= 4 is 34.8 Å². The maximum absolute atomic E-state index is 12.8. The maximum Gasteiger partial charge on any atom is 0.261 e. The number of aryl methyl sites for hydroxylation is 1. The molecule has 1 aromatic heterocycles. The summed E-state index contributed by atoms with van der Waals surface area (Å²) < 4.78 is 10.5. The molecule has 3 aromatic rings. The molecule has 7 heteroatoms. The van der Waals surface area contributed by atoms with Crippen molar-refractivity contribution in [3.8, 4) is 17.0 Å². The van der Waals surface area contributed by atoms with Gasteiger partial charge in [-0.2, -0.15) is 0 Å². The second-order valence-electron chi connectivity index (χ2n) is 5.27. The van der Waals surface area contributed by atoms with Crippen LogP contribution in [0, 0.1) is 6.92 Å². The van der Waals surface area contributed by atoms with Crippen molar-refractivity contribution in [2.24, 2.45) is 0 Å². The molecule has 0 aliphatic rings. The van der Waals surface area contributed by atoms with Gasteiger partial charge in [0.2, 0.25) is 0 Å². The van der Waals surface area contributed by atoms with Crippen LogP contribution in [0.25, 0.3) is 11.3 Å². The van der Waals surface area contributed by atoms with E-state index in [2.05, 4.69) is 10.5 Å². The molecule has 3 rings (SSSR count). The quantitative estimate of drug-likeness (QED) is 0.677. The minimum Gasteiger partial charge on any atom is -0.495 e. The zero-order chi connectivity index (χ0) is 18.0. The third-order valence-electron chi connectivity index (χ3n) is 3.62. The number of hydrogen-bond acceptors (Lipinski definition) is 4. The molecule has 0 bridgehead atoms. The molecule has 0 aliphatic heterocycles. The summed E-state index contributed by atoms with van der Waals surface area (Å²) in [6.07, 6.45) is 0. The topological polar surface area (TPSA) is 64.4 Å². The van der Waals surface area contributed by atoms with Gasteiger partial charge in [0, 0.05) is 15.6 Å². The van der Waals surface area contributed by atoms with E-state index in [9.17, 15) is 4.79 Å². The Bertz CT molecular complexity index is 921. The van der Waals surface area contributed by atoms with Gasteiger partial charge in [0.25, 0.3) is 5.91 Å². The molecule has 2 aromatic carbocycles. The first-order valence-electron chi connectivity index (χ1n) is 7.36. The van der Waals surface area contributed by atoms with E-state index in [1.807, 2.05) is 0 Å². The van der Waals surface area contributed by atoms with Crippen LogP contribution in [-0.2, 0) is 0 Å². The highest BCUT2D eigenvalue weighted by molar-refractivity contribution is 6.31. The molecule has 0 saturated carbocycles. The van der Waals surface area contributed by atoms with Gasteiger partial charge >= 0.3 is 0 Å². The van der Waals surface area contributed by atoms with Gasteiger partial charge in [0.05, 0.1) is 12.8 Å². The highest BCUT2D eigenvalue weighted by atomic mass is 35.5. The van der Waals surface area contributed by atoms with Crippen molar-refractivity contribution in [2.75, 3.05) is 12.4 Å². The van der Waals surface area contributed by atoms with Crippen molar-refractivity contribution in [1.82, 2.24) is 5.16 Å². The van der Waals surface area contributed by atoms with E-state index in [4.69, 9.17) is 32.5 Å². The van der Waals surface area contributed by atoms with Crippen molar-refractivity contribution in [1.29, 1.82) is 0 Å². The summed E-state index contributed by atoms with van der Waals surface area (Å²) in [4.78, 5) is 12.8. The molecule has 0 fully saturated rings. The fraction of sp³-hybridized carbons (Fsp3) is 0.111. The molecule has 1 N–H and O–H groups in total. The number of halogens is 2. The first-order chi connectivity index (χ1) is 12.0. The highest BCUT2D eigenvalue weighted by Gasteiger charge is 2.22. The standard InChI is InChI=1S/C18H14Cl2N2O3/c1-10-16(17(22-25-10)11-3-5-12(19)6-4-11)18(23)21-14-9-13(20)7-8-15(14)24-2/h3-9H,1-2H3,(H,21,23). The number of rotatable bonds is 4. The third kappa shape index (κ3) is 3.62. The van der Waals surface area contributed by atoms with E-state index in [1.54, 1.807) is 49.4 Å². The number of benzene rings is 2. The van der Waals surface area contributed by atoms with Crippen LogP contribution in [-0.4, -0.2) is 18.2 Å². The Balaban J connectivity index is 1.97. The second-order valence-corrected chi connectivity index (χ2v) is 6.14. The summed E-state index contributed by atoms with van der Waals surface area (Å²) in [6.45, 7) is 1.68. The Kier molecular flexibility index (Phi) is 4.97. The van der Waals surface area contributed by atoms with E-state index in [-0.39, 0.29) is 5.91 Å². The number of ether oxygens (including phenoxy) is 1. The largest absolute Gasteiger partial charge is 0.495 e. The number of nitrogens with zero attached hydrogens (tertiary/aromatic N) is 1. The second kappa shape index (κ2) is 7.17. The van der Waals surface area contributed by atoms with Crippen LogP contribution < -0.4 is 10.1 Å². The lowest BCUT2D eigenvalue weighted by Gasteiger charge is -2.10. The highest BCUT2D eigenvalue weighted by Crippen LogP contribution is 2.31. The van der Waals surface area contributed by atoms with Crippen molar-refractivity contribution in [2.45, 2.75) is 6.92 Å². The Hall–Kier alpha value is -2.50. The lowest BCUT2D eigenvalue weighted by atomic mass is 10.1. The number of carbonyl (C=O) groups is 1. The molecule has 0 radical (unpaired) electrons. The SMILES string of the molecule is COc1ccc(Cl)cc1NC(=O)c1c(-c2ccc(Cl)cc2)noc1C. The maximum atomic E-state index is 12.8. The summed E-state index contributed by atoms with van der Waals surface area (Å²) in [7, 11) is 1.52. The van der Waals surface area contributed by atoms with Crippen LogP contribution in [0.3, 0.4) is 0 Å². The van der Waals surface area contributed by atoms with Gasteiger partial charge in [-0.3, -0.25) is 4.79 Å². The number of methoxy groups -OCH3 is 1. The number of hydrogen-bond donors (Lipinski definition) is 1. The fourth-order valence-electron chi connectivity index (χ4n) is 2.41. The lowest BCUT2D eigenvalue weighted by molar-refractivity contribution is 0.102. The van der Waals surface area contributed by atoms with Gasteiger partial charge in [-0.05, 0) is 37.3 Å². The minimum atomic E-state index is -0.371. The molecule has 0 spiro atoms. The van der Waals surface area contributed by atoms with Crippen LogP contribution in [0.5, 0.6) is 5.75 Å². The van der Waals surface area contributed by atoms with Crippen LogP contribution in [0.1, 0.15) is 16.1 Å². The lowest BCUT2D eigenvalue weighted by Crippen LogP contribution is -2.14. The smallest absolute Gasteiger partial charge is 0.261 e. The Labute approximate surface area is 154 Å². The molecule has 0 aliphatic carbocycles. The van der Waals surface area contributed by atoms with E-state index < -0.39 is 0 Å². The molecule has 1 heterocycles. The molecule has 25 heavy (non-hydrogen) atoms. The number of aromatic nitrogens is 1. The number of nitrogens with one attached hydrogen (secondary N) is 1.